The molecule has 1 saturated carbocycles. The third-order valence-corrected chi connectivity index (χ3v) is 5.56. The molecule has 0 N–H and O–H groups in total. The third kappa shape index (κ3) is 3.54. The fraction of sp³-hybridized carbons (Fsp3) is 0.684. The second kappa shape index (κ2) is 6.80. The van der Waals surface area contributed by atoms with Gasteiger partial charge in [-0.25, -0.2) is 0 Å². The van der Waals surface area contributed by atoms with Crippen molar-refractivity contribution in [1.29, 1.82) is 0 Å². The number of hydrogen-bond acceptors (Lipinski definition) is 4. The van der Waals surface area contributed by atoms with Gasteiger partial charge in [-0.15, -0.1) is 0 Å². The van der Waals surface area contributed by atoms with Crippen LogP contribution in [0.2, 0.25) is 0 Å². The van der Waals surface area contributed by atoms with Crippen LogP contribution in [0.25, 0.3) is 0 Å². The molecule has 126 valence electrons. The minimum absolute atomic E-state index is 0.441. The highest BCUT2D eigenvalue weighted by atomic mass is 16.5. The molecule has 4 nitrogen and oxygen atoms in total. The van der Waals surface area contributed by atoms with E-state index in [0.29, 0.717) is 12.1 Å². The summed E-state index contributed by atoms with van der Waals surface area (Å²) < 4.78 is 11.6. The van der Waals surface area contributed by atoms with E-state index in [1.165, 1.54) is 24.9 Å². The Bertz CT molecular complexity index is 532. The number of likely N-dealkylation sites (tertiary alicyclic amines) is 1. The fourth-order valence-corrected chi connectivity index (χ4v) is 4.08. The van der Waals surface area contributed by atoms with Gasteiger partial charge < -0.3 is 9.47 Å². The van der Waals surface area contributed by atoms with Gasteiger partial charge in [0.1, 0.15) is 5.75 Å². The molecule has 0 radical (unpaired) electrons. The van der Waals surface area contributed by atoms with E-state index < -0.39 is 0 Å². The summed E-state index contributed by atoms with van der Waals surface area (Å²) >= 11 is 0. The zero-order valence-corrected chi connectivity index (χ0v) is 14.1. The predicted octanol–water partition coefficient (Wildman–Crippen LogP) is 2.38. The van der Waals surface area contributed by atoms with Crippen molar-refractivity contribution in [2.45, 2.75) is 38.0 Å². The first kappa shape index (κ1) is 15.4. The number of rotatable bonds is 5. The summed E-state index contributed by atoms with van der Waals surface area (Å²) in [7, 11) is 1.76. The lowest BCUT2D eigenvalue weighted by Gasteiger charge is -2.47. The Kier molecular flexibility index (Phi) is 4.56. The van der Waals surface area contributed by atoms with Crippen molar-refractivity contribution in [3.8, 4) is 5.75 Å². The van der Waals surface area contributed by atoms with Crippen LogP contribution in [0.5, 0.6) is 5.75 Å². The van der Waals surface area contributed by atoms with Gasteiger partial charge in [0.05, 0.1) is 19.8 Å². The Labute approximate surface area is 139 Å². The van der Waals surface area contributed by atoms with E-state index in [1.54, 1.807) is 7.11 Å². The average Bonchev–Trinajstić information content (AvgIpc) is 3.40. The molecule has 0 unspecified atom stereocenters. The van der Waals surface area contributed by atoms with Crippen molar-refractivity contribution in [1.82, 2.24) is 9.80 Å². The SMILES string of the molecule is COc1ccccc1CN1CC[C@@H]2OCCN(CC3CC3)[C@H]2C1. The number of piperidine rings is 1. The van der Waals surface area contributed by atoms with E-state index in [9.17, 15) is 0 Å². The monoisotopic (exact) mass is 316 g/mol. The topological polar surface area (TPSA) is 24.9 Å². The summed E-state index contributed by atoms with van der Waals surface area (Å²) in [4.78, 5) is 5.29. The molecule has 0 bridgehead atoms. The summed E-state index contributed by atoms with van der Waals surface area (Å²) in [5.74, 6) is 1.96. The van der Waals surface area contributed by atoms with Crippen molar-refractivity contribution in [2.75, 3.05) is 39.9 Å². The van der Waals surface area contributed by atoms with E-state index >= 15 is 0 Å². The first-order valence-electron chi connectivity index (χ1n) is 9.03. The number of hydrogen-bond donors (Lipinski definition) is 0. The Hall–Kier alpha value is -1.10. The van der Waals surface area contributed by atoms with Crippen LogP contribution in [0.1, 0.15) is 24.8 Å². The Balaban J connectivity index is 1.42. The van der Waals surface area contributed by atoms with Gasteiger partial charge in [-0.2, -0.15) is 0 Å². The quantitative estimate of drug-likeness (QED) is 0.833. The smallest absolute Gasteiger partial charge is 0.123 e. The van der Waals surface area contributed by atoms with Crippen molar-refractivity contribution in [2.24, 2.45) is 5.92 Å². The van der Waals surface area contributed by atoms with Crippen LogP contribution in [0.4, 0.5) is 0 Å². The Morgan fingerprint density at radius 1 is 1.17 bits per heavy atom. The van der Waals surface area contributed by atoms with Gasteiger partial charge in [-0.1, -0.05) is 18.2 Å². The summed E-state index contributed by atoms with van der Waals surface area (Å²) in [6.07, 6.45) is 4.46. The van der Waals surface area contributed by atoms with E-state index in [-0.39, 0.29) is 0 Å². The van der Waals surface area contributed by atoms with Crippen LogP contribution in [0.3, 0.4) is 0 Å². The van der Waals surface area contributed by atoms with Crippen molar-refractivity contribution in [3.05, 3.63) is 29.8 Å². The van der Waals surface area contributed by atoms with Gasteiger partial charge in [-0.3, -0.25) is 9.80 Å². The molecule has 3 fully saturated rings. The Morgan fingerprint density at radius 2 is 2.04 bits per heavy atom. The fourth-order valence-electron chi connectivity index (χ4n) is 4.08. The molecule has 2 aliphatic heterocycles. The number of ether oxygens (including phenoxy) is 2. The van der Waals surface area contributed by atoms with Crippen LogP contribution in [0.15, 0.2) is 24.3 Å². The van der Waals surface area contributed by atoms with Crippen LogP contribution < -0.4 is 4.74 Å². The number of para-hydroxylation sites is 1. The standard InChI is InChI=1S/C19H28N2O2/c1-22-18-5-3-2-4-16(18)13-20-9-8-19-17(14-20)21(10-11-23-19)12-15-6-7-15/h2-5,15,17,19H,6-14H2,1H3/t17-,19-/m0/s1. The first-order valence-corrected chi connectivity index (χ1v) is 9.03. The molecular formula is C19H28N2O2. The van der Waals surface area contributed by atoms with Crippen molar-refractivity contribution < 1.29 is 9.47 Å². The third-order valence-electron chi connectivity index (χ3n) is 5.56. The van der Waals surface area contributed by atoms with Gasteiger partial charge in [0.15, 0.2) is 0 Å². The van der Waals surface area contributed by atoms with E-state index in [4.69, 9.17) is 9.47 Å². The molecule has 1 aromatic rings. The zero-order valence-electron chi connectivity index (χ0n) is 14.1. The molecule has 0 spiro atoms. The highest BCUT2D eigenvalue weighted by Gasteiger charge is 2.39. The molecule has 2 saturated heterocycles. The highest BCUT2D eigenvalue weighted by molar-refractivity contribution is 5.33. The van der Waals surface area contributed by atoms with E-state index in [0.717, 1.165) is 50.9 Å². The second-order valence-electron chi connectivity index (χ2n) is 7.25. The molecule has 23 heavy (non-hydrogen) atoms. The summed E-state index contributed by atoms with van der Waals surface area (Å²) in [5.41, 5.74) is 1.29. The lowest BCUT2D eigenvalue weighted by atomic mass is 9.97. The van der Waals surface area contributed by atoms with Gasteiger partial charge in [0.25, 0.3) is 0 Å². The normalized spacial score (nSPS) is 29.3. The van der Waals surface area contributed by atoms with Gasteiger partial charge in [0.2, 0.25) is 0 Å². The predicted molar refractivity (Wildman–Crippen MR) is 90.7 cm³/mol. The molecule has 1 aliphatic carbocycles. The van der Waals surface area contributed by atoms with Crippen molar-refractivity contribution in [3.63, 3.8) is 0 Å². The molecule has 4 heteroatoms. The number of methoxy groups -OCH3 is 1. The van der Waals surface area contributed by atoms with Crippen LogP contribution >= 0.6 is 0 Å². The molecule has 3 aliphatic rings. The second-order valence-corrected chi connectivity index (χ2v) is 7.25. The van der Waals surface area contributed by atoms with Crippen LogP contribution in [-0.4, -0.2) is 61.8 Å². The molecular weight excluding hydrogens is 288 g/mol. The number of benzene rings is 1. The van der Waals surface area contributed by atoms with Crippen molar-refractivity contribution >= 4 is 0 Å². The van der Waals surface area contributed by atoms with Crippen LogP contribution in [-0.2, 0) is 11.3 Å². The van der Waals surface area contributed by atoms with E-state index in [2.05, 4.69) is 28.0 Å². The lowest BCUT2D eigenvalue weighted by Crippen LogP contribution is -2.60. The minimum atomic E-state index is 0.441. The van der Waals surface area contributed by atoms with Crippen LogP contribution in [0, 0.1) is 5.92 Å². The number of fused-ring (bicyclic) bond motifs is 1. The summed E-state index contributed by atoms with van der Waals surface area (Å²) in [6.45, 7) is 6.53. The van der Waals surface area contributed by atoms with E-state index in [1.807, 2.05) is 6.07 Å². The molecule has 0 amide bonds. The highest BCUT2D eigenvalue weighted by Crippen LogP contribution is 2.33. The largest absolute Gasteiger partial charge is 0.496 e. The zero-order chi connectivity index (χ0) is 15.6. The first-order chi connectivity index (χ1) is 11.3. The van der Waals surface area contributed by atoms with Gasteiger partial charge in [-0.05, 0) is 31.2 Å². The summed E-state index contributed by atoms with van der Waals surface area (Å²) in [6, 6.07) is 8.97. The molecule has 4 rings (SSSR count). The maximum absolute atomic E-state index is 6.06. The maximum Gasteiger partial charge on any atom is 0.123 e. The number of nitrogens with zero attached hydrogens (tertiary/aromatic N) is 2. The average molecular weight is 316 g/mol. The molecule has 2 heterocycles. The lowest BCUT2D eigenvalue weighted by molar-refractivity contribution is -0.105. The molecule has 0 aromatic heterocycles. The minimum Gasteiger partial charge on any atom is -0.496 e. The maximum atomic E-state index is 6.06. The van der Waals surface area contributed by atoms with Gasteiger partial charge >= 0.3 is 0 Å². The van der Waals surface area contributed by atoms with Gasteiger partial charge in [0, 0.05) is 44.3 Å². The summed E-state index contributed by atoms with van der Waals surface area (Å²) in [5, 5.41) is 0. The molecule has 1 aromatic carbocycles. The Morgan fingerprint density at radius 3 is 2.87 bits per heavy atom. The number of morpholine rings is 1. The molecule has 2 atom stereocenters.